The molecule has 0 heterocycles. The second-order valence-electron chi connectivity index (χ2n) is 15.0. The first-order valence-corrected chi connectivity index (χ1v) is 20.1. The molecule has 48 heavy (non-hydrogen) atoms. The van der Waals surface area contributed by atoms with Gasteiger partial charge in [0.15, 0.2) is 11.6 Å². The number of ketones is 2. The van der Waals surface area contributed by atoms with Crippen LogP contribution in [0.15, 0.2) is 48.5 Å². The molecule has 258 valence electrons. The standard InChI is InChI=1S/C46H62O2/c1-3-5-7-9-11-13-15-17-19-21-23-35-25-27-37-31-39-33-40-32-38-28-26-36(24-22-20-18-16-14-12-10-8-6-4-2)30-42(38)46(48)44(40)34-43(39)45(47)41(37)29-35/h25-30,33-34H,3-24,31-32H2,1-2H3. The molecule has 2 aliphatic rings. The van der Waals surface area contributed by atoms with Crippen molar-refractivity contribution in [2.45, 2.75) is 168 Å². The molecule has 0 aliphatic heterocycles. The Bertz CT molecular complexity index is 1390. The Morgan fingerprint density at radius 2 is 0.708 bits per heavy atom. The fourth-order valence-corrected chi connectivity index (χ4v) is 8.03. The minimum absolute atomic E-state index is 0.0901. The molecule has 0 saturated carbocycles. The molecule has 0 atom stereocenters. The van der Waals surface area contributed by atoms with Gasteiger partial charge < -0.3 is 0 Å². The summed E-state index contributed by atoms with van der Waals surface area (Å²) < 4.78 is 0. The first-order chi connectivity index (χ1) is 23.6. The molecule has 0 fully saturated rings. The summed E-state index contributed by atoms with van der Waals surface area (Å²) in [5, 5.41) is 0. The van der Waals surface area contributed by atoms with Gasteiger partial charge in [0.1, 0.15) is 0 Å². The maximum atomic E-state index is 13.9. The maximum Gasteiger partial charge on any atom is 0.193 e. The van der Waals surface area contributed by atoms with Gasteiger partial charge in [0.2, 0.25) is 0 Å². The molecule has 5 rings (SSSR count). The Morgan fingerprint density at radius 3 is 1.08 bits per heavy atom. The number of carbonyl (C=O) groups is 2. The van der Waals surface area contributed by atoms with E-state index in [1.165, 1.54) is 140 Å². The molecule has 0 unspecified atom stereocenters. The van der Waals surface area contributed by atoms with Crippen molar-refractivity contribution >= 4 is 11.6 Å². The van der Waals surface area contributed by atoms with Crippen molar-refractivity contribution in [1.29, 1.82) is 0 Å². The fraction of sp³-hybridized carbons (Fsp3) is 0.565. The third-order valence-electron chi connectivity index (χ3n) is 11.1. The lowest BCUT2D eigenvalue weighted by Crippen LogP contribution is -2.21. The number of carbonyl (C=O) groups excluding carboxylic acids is 2. The molecule has 0 radical (unpaired) electrons. The topological polar surface area (TPSA) is 34.1 Å². The molecule has 3 aromatic carbocycles. The fourth-order valence-electron chi connectivity index (χ4n) is 8.03. The highest BCUT2D eigenvalue weighted by Crippen LogP contribution is 2.35. The molecule has 2 nitrogen and oxygen atoms in total. The summed E-state index contributed by atoms with van der Waals surface area (Å²) in [5.74, 6) is 0.180. The van der Waals surface area contributed by atoms with E-state index in [0.717, 1.165) is 70.2 Å². The van der Waals surface area contributed by atoms with E-state index < -0.39 is 0 Å². The Hall–Kier alpha value is -3.00. The monoisotopic (exact) mass is 646 g/mol. The molecule has 0 saturated heterocycles. The van der Waals surface area contributed by atoms with E-state index in [1.54, 1.807) is 0 Å². The third kappa shape index (κ3) is 10.0. The molecule has 0 spiro atoms. The van der Waals surface area contributed by atoms with E-state index >= 15 is 0 Å². The van der Waals surface area contributed by atoms with E-state index in [9.17, 15) is 9.59 Å². The van der Waals surface area contributed by atoms with Crippen molar-refractivity contribution in [3.63, 3.8) is 0 Å². The van der Waals surface area contributed by atoms with Gasteiger partial charge in [0, 0.05) is 22.3 Å². The van der Waals surface area contributed by atoms with E-state index in [2.05, 4.69) is 56.3 Å². The molecule has 2 heteroatoms. The molecule has 0 aromatic heterocycles. The summed E-state index contributed by atoms with van der Waals surface area (Å²) in [6.07, 6.45) is 30.3. The van der Waals surface area contributed by atoms with Gasteiger partial charge in [0.25, 0.3) is 0 Å². The van der Waals surface area contributed by atoms with Crippen LogP contribution in [0.25, 0.3) is 0 Å². The summed E-state index contributed by atoms with van der Waals surface area (Å²) in [7, 11) is 0. The number of hydrogen-bond acceptors (Lipinski definition) is 2. The molecule has 0 bridgehead atoms. The summed E-state index contributed by atoms with van der Waals surface area (Å²) in [6, 6.07) is 17.2. The van der Waals surface area contributed by atoms with Crippen molar-refractivity contribution < 1.29 is 9.59 Å². The van der Waals surface area contributed by atoms with Crippen LogP contribution in [-0.2, 0) is 25.7 Å². The minimum Gasteiger partial charge on any atom is -0.289 e. The predicted octanol–water partition coefficient (Wildman–Crippen LogP) is 12.9. The SMILES string of the molecule is CCCCCCCCCCCCc1ccc2c(c1)C(=O)c1cc3c(cc1C2)Cc1ccc(CCCCCCCCCCCC)cc1C3=O. The summed E-state index contributed by atoms with van der Waals surface area (Å²) in [5.41, 5.74) is 10.1. The Balaban J connectivity index is 1.12. The molecule has 3 aromatic rings. The zero-order valence-electron chi connectivity index (χ0n) is 30.4. The number of hydrogen-bond donors (Lipinski definition) is 0. The lowest BCUT2D eigenvalue weighted by Gasteiger charge is -2.25. The highest BCUT2D eigenvalue weighted by molar-refractivity contribution is 6.17. The summed E-state index contributed by atoms with van der Waals surface area (Å²) >= 11 is 0. The Labute approximate surface area is 292 Å². The number of aryl methyl sites for hydroxylation is 2. The highest BCUT2D eigenvalue weighted by atomic mass is 16.1. The lowest BCUT2D eigenvalue weighted by atomic mass is 9.77. The third-order valence-corrected chi connectivity index (χ3v) is 11.1. The van der Waals surface area contributed by atoms with Gasteiger partial charge in [-0.2, -0.15) is 0 Å². The molecular weight excluding hydrogens is 585 g/mol. The van der Waals surface area contributed by atoms with Crippen LogP contribution in [-0.4, -0.2) is 11.6 Å². The van der Waals surface area contributed by atoms with E-state index in [0.29, 0.717) is 0 Å². The Morgan fingerprint density at radius 1 is 0.375 bits per heavy atom. The first-order valence-electron chi connectivity index (χ1n) is 20.1. The number of benzene rings is 3. The van der Waals surface area contributed by atoms with Crippen molar-refractivity contribution in [3.05, 3.63) is 104 Å². The molecular formula is C46H62O2. The Kier molecular flexibility index (Phi) is 14.6. The zero-order valence-corrected chi connectivity index (χ0v) is 30.4. The summed E-state index contributed by atoms with van der Waals surface area (Å²) in [4.78, 5) is 27.7. The highest BCUT2D eigenvalue weighted by Gasteiger charge is 2.30. The second kappa shape index (κ2) is 19.3. The van der Waals surface area contributed by atoms with Gasteiger partial charge in [-0.3, -0.25) is 9.59 Å². The number of rotatable bonds is 22. The van der Waals surface area contributed by atoms with E-state index in [-0.39, 0.29) is 11.6 Å². The number of unbranched alkanes of at least 4 members (excludes halogenated alkanes) is 18. The van der Waals surface area contributed by atoms with Crippen molar-refractivity contribution in [2.75, 3.05) is 0 Å². The van der Waals surface area contributed by atoms with Gasteiger partial charge in [-0.15, -0.1) is 0 Å². The van der Waals surface area contributed by atoms with Crippen molar-refractivity contribution in [2.24, 2.45) is 0 Å². The molecule has 0 N–H and O–H groups in total. The largest absolute Gasteiger partial charge is 0.289 e. The average Bonchev–Trinajstić information content (AvgIpc) is 3.10. The molecule has 2 aliphatic carbocycles. The average molecular weight is 647 g/mol. The van der Waals surface area contributed by atoms with E-state index in [1.807, 2.05) is 6.07 Å². The van der Waals surface area contributed by atoms with Crippen LogP contribution in [0.2, 0.25) is 0 Å². The van der Waals surface area contributed by atoms with Crippen LogP contribution in [0, 0.1) is 0 Å². The van der Waals surface area contributed by atoms with Crippen LogP contribution >= 0.6 is 0 Å². The van der Waals surface area contributed by atoms with Gasteiger partial charge in [0.05, 0.1) is 0 Å². The van der Waals surface area contributed by atoms with Crippen molar-refractivity contribution in [3.8, 4) is 0 Å². The van der Waals surface area contributed by atoms with E-state index in [4.69, 9.17) is 0 Å². The smallest absolute Gasteiger partial charge is 0.193 e. The van der Waals surface area contributed by atoms with Crippen LogP contribution in [0.4, 0.5) is 0 Å². The van der Waals surface area contributed by atoms with Crippen LogP contribution in [0.3, 0.4) is 0 Å². The van der Waals surface area contributed by atoms with Crippen LogP contribution < -0.4 is 0 Å². The quantitative estimate of drug-likeness (QED) is 0.0701. The second-order valence-corrected chi connectivity index (χ2v) is 15.0. The summed E-state index contributed by atoms with van der Waals surface area (Å²) in [6.45, 7) is 4.55. The van der Waals surface area contributed by atoms with Gasteiger partial charge in [-0.1, -0.05) is 160 Å². The van der Waals surface area contributed by atoms with Crippen molar-refractivity contribution in [1.82, 2.24) is 0 Å². The zero-order chi connectivity index (χ0) is 33.6. The lowest BCUT2D eigenvalue weighted by molar-refractivity contribution is 0.103. The predicted molar refractivity (Wildman–Crippen MR) is 203 cm³/mol. The van der Waals surface area contributed by atoms with Crippen LogP contribution in [0.5, 0.6) is 0 Å². The maximum absolute atomic E-state index is 13.9. The van der Waals surface area contributed by atoms with Gasteiger partial charge in [-0.25, -0.2) is 0 Å². The number of fused-ring (bicyclic) bond motifs is 4. The van der Waals surface area contributed by atoms with Gasteiger partial charge >= 0.3 is 0 Å². The van der Waals surface area contributed by atoms with Gasteiger partial charge in [-0.05, 0) is 90.1 Å². The minimum atomic E-state index is 0.0901. The first kappa shape index (κ1) is 36.3. The molecule has 0 amide bonds. The van der Waals surface area contributed by atoms with Crippen LogP contribution in [0.1, 0.15) is 207 Å². The normalized spacial score (nSPS) is 13.3.